The summed E-state index contributed by atoms with van der Waals surface area (Å²) in [7, 11) is 2.17. The minimum absolute atomic E-state index is 0.224. The molecule has 0 bridgehead atoms. The molecule has 2 fully saturated rings. The summed E-state index contributed by atoms with van der Waals surface area (Å²) in [6.07, 6.45) is 4.06. The van der Waals surface area contributed by atoms with Crippen molar-refractivity contribution >= 4 is 63.4 Å². The van der Waals surface area contributed by atoms with Gasteiger partial charge >= 0.3 is 0 Å². The molecule has 0 unspecified atom stereocenters. The second-order valence-corrected chi connectivity index (χ2v) is 12.8. The number of halogens is 2. The molecule has 2 aliphatic rings. The quantitative estimate of drug-likeness (QED) is 0.178. The zero-order valence-electron chi connectivity index (χ0n) is 23.5. The maximum Gasteiger partial charge on any atom is 0.259 e. The average molecular weight is 626 g/mol. The molecule has 2 aromatic heterocycles. The molecule has 4 aromatic rings. The Morgan fingerprint density at radius 2 is 1.88 bits per heavy atom. The minimum Gasteiger partial charge on any atom is -0.381 e. The fraction of sp³-hybridized carbons (Fsp3) is 0.387. The second kappa shape index (κ2) is 13.2. The molecule has 0 radical (unpaired) electrons. The highest BCUT2D eigenvalue weighted by atomic mass is 35.5. The number of pyridine rings is 1. The van der Waals surface area contributed by atoms with Crippen molar-refractivity contribution in [2.75, 3.05) is 44.0 Å². The van der Waals surface area contributed by atoms with Crippen LogP contribution in [-0.4, -0.2) is 65.4 Å². The van der Waals surface area contributed by atoms with Crippen LogP contribution in [0.25, 0.3) is 11.0 Å². The number of thioether (sulfide) groups is 1. The number of anilines is 2. The van der Waals surface area contributed by atoms with E-state index in [-0.39, 0.29) is 11.9 Å². The molecule has 42 heavy (non-hydrogen) atoms. The summed E-state index contributed by atoms with van der Waals surface area (Å²) < 4.78 is 5.56. The number of rotatable bonds is 8. The third-order valence-corrected chi connectivity index (χ3v) is 9.64. The number of aromatic amines is 1. The Balaban J connectivity index is 1.22. The molecule has 2 aromatic carbocycles. The van der Waals surface area contributed by atoms with E-state index in [2.05, 4.69) is 44.9 Å². The van der Waals surface area contributed by atoms with E-state index in [0.29, 0.717) is 38.6 Å². The Bertz CT molecular complexity index is 1570. The van der Waals surface area contributed by atoms with E-state index >= 15 is 0 Å². The first-order valence-corrected chi connectivity index (χ1v) is 16.1. The van der Waals surface area contributed by atoms with E-state index in [0.717, 1.165) is 73.8 Å². The molecule has 8 nitrogen and oxygen atoms in total. The van der Waals surface area contributed by atoms with Gasteiger partial charge in [0.1, 0.15) is 5.52 Å². The standard InChI is InChI=1S/C31H34Cl2N6O2S/c1-39-12-8-19(9-13-39)20-2-4-24(27(17-20)34-23-10-14-41-15-11-23)31(40)36-30-29-26(37-38-30)6-7-28(35-29)42-18-21-16-22(32)3-5-25(21)33/h2-7,16-17,19,23,34H,8-15,18H2,1H3,(H2,36,37,38,40). The molecule has 220 valence electrons. The first kappa shape index (κ1) is 29.3. The number of benzene rings is 2. The van der Waals surface area contributed by atoms with E-state index in [1.807, 2.05) is 24.3 Å². The van der Waals surface area contributed by atoms with Crippen molar-refractivity contribution in [3.05, 3.63) is 75.3 Å². The van der Waals surface area contributed by atoms with Gasteiger partial charge < -0.3 is 20.3 Å². The normalized spacial score (nSPS) is 17.0. The van der Waals surface area contributed by atoms with Crippen LogP contribution in [0.3, 0.4) is 0 Å². The molecule has 4 heterocycles. The molecule has 6 rings (SSSR count). The van der Waals surface area contributed by atoms with E-state index in [4.69, 9.17) is 32.9 Å². The van der Waals surface area contributed by atoms with Crippen LogP contribution in [0, 0.1) is 0 Å². The largest absolute Gasteiger partial charge is 0.381 e. The molecule has 0 saturated carbocycles. The van der Waals surface area contributed by atoms with Gasteiger partial charge in [-0.05, 0) is 105 Å². The lowest BCUT2D eigenvalue weighted by molar-refractivity contribution is 0.0904. The first-order valence-electron chi connectivity index (χ1n) is 14.3. The third kappa shape index (κ3) is 6.87. The molecule has 2 aliphatic heterocycles. The summed E-state index contributed by atoms with van der Waals surface area (Å²) in [6, 6.07) is 15.8. The Morgan fingerprint density at radius 1 is 1.07 bits per heavy atom. The van der Waals surface area contributed by atoms with Crippen molar-refractivity contribution in [1.82, 2.24) is 20.1 Å². The zero-order valence-corrected chi connectivity index (χ0v) is 25.8. The van der Waals surface area contributed by atoms with Gasteiger partial charge in [0.2, 0.25) is 0 Å². The van der Waals surface area contributed by atoms with Gasteiger partial charge in [0, 0.05) is 40.7 Å². The third-order valence-electron chi connectivity index (χ3n) is 8.06. The van der Waals surface area contributed by atoms with Crippen LogP contribution in [-0.2, 0) is 10.5 Å². The molecule has 2 saturated heterocycles. The van der Waals surface area contributed by atoms with Crippen molar-refractivity contribution in [2.24, 2.45) is 0 Å². The number of nitrogens with zero attached hydrogens (tertiary/aromatic N) is 3. The smallest absolute Gasteiger partial charge is 0.259 e. The number of H-pyrrole nitrogens is 1. The maximum atomic E-state index is 13.7. The highest BCUT2D eigenvalue weighted by molar-refractivity contribution is 7.98. The summed E-state index contributed by atoms with van der Waals surface area (Å²) in [5, 5.41) is 16.2. The van der Waals surface area contributed by atoms with Crippen molar-refractivity contribution in [1.29, 1.82) is 0 Å². The zero-order chi connectivity index (χ0) is 29.1. The number of fused-ring (bicyclic) bond motifs is 1. The van der Waals surface area contributed by atoms with Gasteiger partial charge in [-0.15, -0.1) is 11.8 Å². The van der Waals surface area contributed by atoms with Crippen molar-refractivity contribution in [2.45, 2.75) is 48.4 Å². The van der Waals surface area contributed by atoms with Gasteiger partial charge in [-0.1, -0.05) is 29.3 Å². The number of carbonyl (C=O) groups excluding carboxylic acids is 1. The maximum absolute atomic E-state index is 13.7. The topological polar surface area (TPSA) is 95.2 Å². The molecule has 3 N–H and O–H groups in total. The van der Waals surface area contributed by atoms with E-state index in [9.17, 15) is 4.79 Å². The molecule has 1 amide bonds. The van der Waals surface area contributed by atoms with Crippen LogP contribution >= 0.6 is 35.0 Å². The fourth-order valence-electron chi connectivity index (χ4n) is 5.57. The number of amides is 1. The minimum atomic E-state index is -0.224. The van der Waals surface area contributed by atoms with Gasteiger partial charge in [-0.2, -0.15) is 5.10 Å². The Labute approximate surface area is 259 Å². The van der Waals surface area contributed by atoms with Crippen LogP contribution in [0.4, 0.5) is 11.5 Å². The summed E-state index contributed by atoms with van der Waals surface area (Å²) in [5.74, 6) is 1.28. The lowest BCUT2D eigenvalue weighted by atomic mass is 9.88. The Morgan fingerprint density at radius 3 is 2.69 bits per heavy atom. The number of nitrogens with one attached hydrogen (secondary N) is 3. The summed E-state index contributed by atoms with van der Waals surface area (Å²) in [5.41, 5.74) is 5.02. The second-order valence-electron chi connectivity index (χ2n) is 11.0. The number of ether oxygens (including phenoxy) is 1. The number of hydrogen-bond donors (Lipinski definition) is 3. The first-order chi connectivity index (χ1) is 20.4. The van der Waals surface area contributed by atoms with Crippen LogP contribution < -0.4 is 10.6 Å². The number of carbonyl (C=O) groups is 1. The lowest BCUT2D eigenvalue weighted by Gasteiger charge is -2.30. The molecule has 0 spiro atoms. The SMILES string of the molecule is CN1CCC(c2ccc(C(=O)Nc3n[nH]c4ccc(SCc5cc(Cl)ccc5Cl)nc34)c(NC3CCOCC3)c2)CC1. The molecule has 11 heteroatoms. The number of aromatic nitrogens is 3. The predicted octanol–water partition coefficient (Wildman–Crippen LogP) is 7.21. The molecule has 0 atom stereocenters. The molecular formula is C31H34Cl2N6O2S. The van der Waals surface area contributed by atoms with Gasteiger partial charge in [0.05, 0.1) is 16.1 Å². The molecular weight excluding hydrogens is 591 g/mol. The van der Waals surface area contributed by atoms with Crippen molar-refractivity contribution in [3.8, 4) is 0 Å². The highest BCUT2D eigenvalue weighted by Crippen LogP contribution is 2.33. The highest BCUT2D eigenvalue weighted by Gasteiger charge is 2.23. The van der Waals surface area contributed by atoms with Gasteiger partial charge in [-0.25, -0.2) is 4.98 Å². The number of piperidine rings is 1. The van der Waals surface area contributed by atoms with Crippen LogP contribution in [0.1, 0.15) is 53.1 Å². The van der Waals surface area contributed by atoms with Gasteiger partial charge in [0.25, 0.3) is 5.91 Å². The van der Waals surface area contributed by atoms with E-state index < -0.39 is 0 Å². The number of likely N-dealkylation sites (tertiary alicyclic amines) is 1. The van der Waals surface area contributed by atoms with Crippen LogP contribution in [0.15, 0.2) is 53.6 Å². The summed E-state index contributed by atoms with van der Waals surface area (Å²) in [6.45, 7) is 3.62. The fourth-order valence-corrected chi connectivity index (χ4v) is 6.89. The van der Waals surface area contributed by atoms with Crippen molar-refractivity contribution < 1.29 is 9.53 Å². The lowest BCUT2D eigenvalue weighted by Crippen LogP contribution is -2.30. The van der Waals surface area contributed by atoms with Gasteiger partial charge in [-0.3, -0.25) is 9.89 Å². The Kier molecular flexibility index (Phi) is 9.21. The Hall–Kier alpha value is -2.82. The monoisotopic (exact) mass is 624 g/mol. The van der Waals surface area contributed by atoms with Crippen molar-refractivity contribution in [3.63, 3.8) is 0 Å². The van der Waals surface area contributed by atoms with Crippen LogP contribution in [0.2, 0.25) is 10.0 Å². The average Bonchev–Trinajstić information content (AvgIpc) is 3.40. The summed E-state index contributed by atoms with van der Waals surface area (Å²) in [4.78, 5) is 20.9. The number of hydrogen-bond acceptors (Lipinski definition) is 7. The van der Waals surface area contributed by atoms with E-state index in [1.54, 1.807) is 23.9 Å². The predicted molar refractivity (Wildman–Crippen MR) is 171 cm³/mol. The molecule has 0 aliphatic carbocycles. The summed E-state index contributed by atoms with van der Waals surface area (Å²) >= 11 is 14.0. The van der Waals surface area contributed by atoms with Crippen LogP contribution in [0.5, 0.6) is 0 Å². The van der Waals surface area contributed by atoms with Gasteiger partial charge in [0.15, 0.2) is 5.82 Å². The van der Waals surface area contributed by atoms with E-state index in [1.165, 1.54) is 5.56 Å².